The highest BCUT2D eigenvalue weighted by atomic mass is 16.3. The Morgan fingerprint density at radius 2 is 2.16 bits per heavy atom. The largest absolute Gasteiger partial charge is 0.504 e. The Morgan fingerprint density at radius 1 is 1.32 bits per heavy atom. The Hall–Kier alpha value is -2.56. The minimum Gasteiger partial charge on any atom is -0.504 e. The number of nitrogens with one attached hydrogen (secondary N) is 2. The molecule has 0 bridgehead atoms. The number of nitrogens with zero attached hydrogens (tertiary/aromatic N) is 1. The number of fused-ring (bicyclic) bond motifs is 1. The third-order valence-corrected chi connectivity index (χ3v) is 3.18. The quantitative estimate of drug-likeness (QED) is 0.766. The van der Waals surface area contributed by atoms with Crippen LogP contribution in [0.15, 0.2) is 42.6 Å². The normalized spacial score (nSPS) is 16.5. The van der Waals surface area contributed by atoms with Crippen molar-refractivity contribution < 1.29 is 9.90 Å². The number of carbonyl (C=O) groups is 1. The van der Waals surface area contributed by atoms with Gasteiger partial charge in [-0.2, -0.15) is 0 Å². The molecule has 1 aromatic heterocycles. The predicted molar refractivity (Wildman–Crippen MR) is 72.2 cm³/mol. The molecule has 0 saturated heterocycles. The van der Waals surface area contributed by atoms with Crippen molar-refractivity contribution in [3.8, 4) is 5.75 Å². The van der Waals surface area contributed by atoms with Crippen LogP contribution in [0.1, 0.15) is 11.5 Å². The monoisotopic (exact) mass is 255 g/mol. The molecule has 3 N–H and O–H groups in total. The van der Waals surface area contributed by atoms with E-state index < -0.39 is 0 Å². The highest BCUT2D eigenvalue weighted by Gasteiger charge is 2.28. The standard InChI is InChI=1S/C14H13N3O2/c18-12-6-3-7-15-13(12)17-14(19)10-8-16-11-5-2-1-4-9(10)11/h1-7,10,16,18H,8H2,(H,15,17,19). The molecule has 5 heteroatoms. The van der Waals surface area contributed by atoms with Gasteiger partial charge in [0.15, 0.2) is 11.6 Å². The van der Waals surface area contributed by atoms with Crippen molar-refractivity contribution in [3.05, 3.63) is 48.2 Å². The average Bonchev–Trinajstić information content (AvgIpc) is 2.85. The number of carbonyl (C=O) groups excluding carboxylic acids is 1. The average molecular weight is 255 g/mol. The number of rotatable bonds is 2. The molecule has 1 aliphatic heterocycles. The van der Waals surface area contributed by atoms with E-state index in [9.17, 15) is 9.90 Å². The van der Waals surface area contributed by atoms with Crippen molar-refractivity contribution in [3.63, 3.8) is 0 Å². The fraction of sp³-hybridized carbons (Fsp3) is 0.143. The number of aromatic hydroxyl groups is 1. The zero-order valence-corrected chi connectivity index (χ0v) is 10.1. The highest BCUT2D eigenvalue weighted by molar-refractivity contribution is 5.98. The third kappa shape index (κ3) is 2.10. The fourth-order valence-electron chi connectivity index (χ4n) is 2.21. The minimum atomic E-state index is -0.266. The van der Waals surface area contributed by atoms with Gasteiger partial charge in [-0.1, -0.05) is 18.2 Å². The molecule has 1 atom stereocenters. The number of hydrogen-bond acceptors (Lipinski definition) is 4. The molecule has 1 aromatic carbocycles. The summed E-state index contributed by atoms with van der Waals surface area (Å²) >= 11 is 0. The van der Waals surface area contributed by atoms with Gasteiger partial charge in [0.1, 0.15) is 0 Å². The Morgan fingerprint density at radius 3 is 3.00 bits per heavy atom. The number of hydrogen-bond donors (Lipinski definition) is 3. The van der Waals surface area contributed by atoms with Crippen molar-refractivity contribution in [1.29, 1.82) is 0 Å². The second-order valence-corrected chi connectivity index (χ2v) is 4.38. The minimum absolute atomic E-state index is 0.0323. The molecule has 0 aliphatic carbocycles. The van der Waals surface area contributed by atoms with E-state index in [1.165, 1.54) is 12.3 Å². The molecule has 2 aromatic rings. The van der Waals surface area contributed by atoms with E-state index in [2.05, 4.69) is 15.6 Å². The van der Waals surface area contributed by atoms with Crippen LogP contribution >= 0.6 is 0 Å². The summed E-state index contributed by atoms with van der Waals surface area (Å²) in [6.07, 6.45) is 1.52. The van der Waals surface area contributed by atoms with E-state index in [0.29, 0.717) is 6.54 Å². The number of pyridine rings is 1. The number of anilines is 2. The van der Waals surface area contributed by atoms with Crippen molar-refractivity contribution in [2.24, 2.45) is 0 Å². The second-order valence-electron chi connectivity index (χ2n) is 4.38. The highest BCUT2D eigenvalue weighted by Crippen LogP contribution is 2.32. The molecule has 3 rings (SSSR count). The number of para-hydroxylation sites is 1. The van der Waals surface area contributed by atoms with E-state index >= 15 is 0 Å². The lowest BCUT2D eigenvalue weighted by atomic mass is 10.0. The maximum absolute atomic E-state index is 12.2. The van der Waals surface area contributed by atoms with Gasteiger partial charge in [0.2, 0.25) is 5.91 Å². The summed E-state index contributed by atoms with van der Waals surface area (Å²) in [6.45, 7) is 0.554. The molecule has 19 heavy (non-hydrogen) atoms. The first kappa shape index (κ1) is 11.5. The Kier molecular flexibility index (Phi) is 2.79. The van der Waals surface area contributed by atoms with Gasteiger partial charge in [0, 0.05) is 18.4 Å². The van der Waals surface area contributed by atoms with Crippen LogP contribution in [-0.4, -0.2) is 22.5 Å². The molecule has 5 nitrogen and oxygen atoms in total. The molecule has 0 radical (unpaired) electrons. The van der Waals surface area contributed by atoms with Crippen LogP contribution in [0.5, 0.6) is 5.75 Å². The lowest BCUT2D eigenvalue weighted by Gasteiger charge is -2.11. The molecule has 1 aliphatic rings. The molecule has 96 valence electrons. The van der Waals surface area contributed by atoms with Crippen molar-refractivity contribution in [2.45, 2.75) is 5.92 Å². The molecule has 0 fully saturated rings. The van der Waals surface area contributed by atoms with Gasteiger partial charge in [-0.25, -0.2) is 4.98 Å². The summed E-state index contributed by atoms with van der Waals surface area (Å²) in [4.78, 5) is 16.2. The van der Waals surface area contributed by atoms with Crippen molar-refractivity contribution in [2.75, 3.05) is 17.2 Å². The lowest BCUT2D eigenvalue weighted by Crippen LogP contribution is -2.23. The third-order valence-electron chi connectivity index (χ3n) is 3.18. The van der Waals surface area contributed by atoms with Crippen LogP contribution in [-0.2, 0) is 4.79 Å². The number of amides is 1. The maximum Gasteiger partial charge on any atom is 0.235 e. The first-order chi connectivity index (χ1) is 9.25. The van der Waals surface area contributed by atoms with E-state index in [0.717, 1.165) is 11.3 Å². The zero-order valence-electron chi connectivity index (χ0n) is 10.1. The smallest absolute Gasteiger partial charge is 0.235 e. The first-order valence-corrected chi connectivity index (χ1v) is 6.03. The Labute approximate surface area is 110 Å². The summed E-state index contributed by atoms with van der Waals surface area (Å²) in [5.41, 5.74) is 1.95. The first-order valence-electron chi connectivity index (χ1n) is 6.03. The topological polar surface area (TPSA) is 74.2 Å². The number of aromatic nitrogens is 1. The van der Waals surface area contributed by atoms with E-state index in [1.54, 1.807) is 6.07 Å². The summed E-state index contributed by atoms with van der Waals surface area (Å²) in [7, 11) is 0. The summed E-state index contributed by atoms with van der Waals surface area (Å²) in [6, 6.07) is 10.8. The summed E-state index contributed by atoms with van der Waals surface area (Å²) < 4.78 is 0. The van der Waals surface area contributed by atoms with Gasteiger partial charge in [0.05, 0.1) is 5.92 Å². The Bertz CT molecular complexity index is 628. The maximum atomic E-state index is 12.2. The SMILES string of the molecule is O=C(Nc1ncccc1O)C1CNc2ccccc21. The van der Waals surface area contributed by atoms with Crippen LogP contribution < -0.4 is 10.6 Å². The van der Waals surface area contributed by atoms with Crippen LogP contribution in [0.25, 0.3) is 0 Å². The molecule has 1 amide bonds. The van der Waals surface area contributed by atoms with Crippen LogP contribution in [0.2, 0.25) is 0 Å². The summed E-state index contributed by atoms with van der Waals surface area (Å²) in [5.74, 6) is -0.281. The van der Waals surface area contributed by atoms with E-state index in [1.807, 2.05) is 24.3 Å². The van der Waals surface area contributed by atoms with E-state index in [-0.39, 0.29) is 23.4 Å². The molecule has 0 saturated carbocycles. The predicted octanol–water partition coefficient (Wildman–Crippen LogP) is 1.93. The van der Waals surface area contributed by atoms with Gasteiger partial charge in [-0.05, 0) is 23.8 Å². The molecule has 0 spiro atoms. The zero-order chi connectivity index (χ0) is 13.2. The van der Waals surface area contributed by atoms with Gasteiger partial charge < -0.3 is 15.7 Å². The fourth-order valence-corrected chi connectivity index (χ4v) is 2.21. The van der Waals surface area contributed by atoms with Gasteiger partial charge >= 0.3 is 0 Å². The van der Waals surface area contributed by atoms with E-state index in [4.69, 9.17) is 0 Å². The second kappa shape index (κ2) is 4.61. The van der Waals surface area contributed by atoms with Crippen LogP contribution in [0.3, 0.4) is 0 Å². The number of benzene rings is 1. The molecule has 2 heterocycles. The molecular formula is C14H13N3O2. The van der Waals surface area contributed by atoms with Crippen molar-refractivity contribution in [1.82, 2.24) is 4.98 Å². The molecule has 1 unspecified atom stereocenters. The van der Waals surface area contributed by atoms with Crippen molar-refractivity contribution >= 4 is 17.4 Å². The molecular weight excluding hydrogens is 242 g/mol. The van der Waals surface area contributed by atoms with Gasteiger partial charge in [0.25, 0.3) is 0 Å². The van der Waals surface area contributed by atoms with Gasteiger partial charge in [-0.3, -0.25) is 4.79 Å². The Balaban J connectivity index is 1.81. The lowest BCUT2D eigenvalue weighted by molar-refractivity contribution is -0.117. The summed E-state index contributed by atoms with van der Waals surface area (Å²) in [5, 5.41) is 15.4. The van der Waals surface area contributed by atoms with Crippen LogP contribution in [0.4, 0.5) is 11.5 Å². The van der Waals surface area contributed by atoms with Gasteiger partial charge in [-0.15, -0.1) is 0 Å². The van der Waals surface area contributed by atoms with Crippen LogP contribution in [0, 0.1) is 0 Å².